The molecule has 3 aromatic rings. The lowest BCUT2D eigenvalue weighted by molar-refractivity contribution is 0.175. The highest BCUT2D eigenvalue weighted by atomic mass is 35.5. The Morgan fingerprint density at radius 1 is 1.22 bits per heavy atom. The molecule has 0 aliphatic heterocycles. The van der Waals surface area contributed by atoms with Crippen LogP contribution in [0.5, 0.6) is 0 Å². The maximum atomic E-state index is 10.2. The van der Waals surface area contributed by atoms with E-state index in [1.807, 2.05) is 18.2 Å². The quantitative estimate of drug-likeness (QED) is 0.599. The molecule has 1 heterocycles. The van der Waals surface area contributed by atoms with Gasteiger partial charge in [0.1, 0.15) is 0 Å². The first-order valence-electron chi connectivity index (χ1n) is 7.85. The lowest BCUT2D eigenvalue weighted by Gasteiger charge is -2.12. The minimum Gasteiger partial charge on any atom is -0.387 e. The van der Waals surface area contributed by atoms with Crippen LogP contribution in [0.4, 0.5) is 0 Å². The summed E-state index contributed by atoms with van der Waals surface area (Å²) in [7, 11) is 0. The van der Waals surface area contributed by atoms with Crippen molar-refractivity contribution < 1.29 is 5.11 Å². The molecular formula is C19H21ClN2O. The molecule has 0 saturated heterocycles. The zero-order valence-electron chi connectivity index (χ0n) is 13.1. The Balaban J connectivity index is 1.54. The lowest BCUT2D eigenvalue weighted by atomic mass is 10.1. The van der Waals surface area contributed by atoms with Crippen LogP contribution in [0.15, 0.2) is 48.7 Å². The van der Waals surface area contributed by atoms with E-state index in [4.69, 9.17) is 11.6 Å². The van der Waals surface area contributed by atoms with Gasteiger partial charge in [0, 0.05) is 28.7 Å². The highest BCUT2D eigenvalue weighted by Gasteiger charge is 2.08. The van der Waals surface area contributed by atoms with Crippen molar-refractivity contribution in [2.24, 2.45) is 0 Å². The smallest absolute Gasteiger partial charge is 0.0914 e. The first-order chi connectivity index (χ1) is 11.1. The second kappa shape index (κ2) is 7.18. The third-order valence-corrected chi connectivity index (χ3v) is 4.39. The van der Waals surface area contributed by atoms with E-state index in [1.165, 1.54) is 22.0 Å². The molecule has 1 aromatic heterocycles. The van der Waals surface area contributed by atoms with E-state index < -0.39 is 6.10 Å². The van der Waals surface area contributed by atoms with Gasteiger partial charge in [-0.05, 0) is 48.7 Å². The Kier molecular flexibility index (Phi) is 5.01. The molecule has 0 bridgehead atoms. The Hall–Kier alpha value is -1.81. The number of hydrogen-bond donors (Lipinski definition) is 3. The molecule has 0 saturated carbocycles. The largest absolute Gasteiger partial charge is 0.387 e. The Bertz CT molecular complexity index is 797. The molecule has 120 valence electrons. The number of halogens is 1. The molecule has 0 fully saturated rings. The van der Waals surface area contributed by atoms with Gasteiger partial charge in [-0.3, -0.25) is 0 Å². The fourth-order valence-corrected chi connectivity index (χ4v) is 3.06. The van der Waals surface area contributed by atoms with Gasteiger partial charge in [-0.1, -0.05) is 41.9 Å². The van der Waals surface area contributed by atoms with Crippen LogP contribution in [-0.2, 0) is 6.42 Å². The fourth-order valence-electron chi connectivity index (χ4n) is 2.86. The predicted molar refractivity (Wildman–Crippen MR) is 96.0 cm³/mol. The predicted octanol–water partition coefficient (Wildman–Crippen LogP) is 4.00. The summed E-state index contributed by atoms with van der Waals surface area (Å²) >= 11 is 5.95. The van der Waals surface area contributed by atoms with Gasteiger partial charge in [-0.2, -0.15) is 0 Å². The zero-order chi connectivity index (χ0) is 16.2. The number of nitrogens with one attached hydrogen (secondary N) is 2. The lowest BCUT2D eigenvalue weighted by Crippen LogP contribution is -2.23. The van der Waals surface area contributed by atoms with Crippen molar-refractivity contribution in [2.45, 2.75) is 19.4 Å². The van der Waals surface area contributed by atoms with Gasteiger partial charge in [-0.15, -0.1) is 0 Å². The standard InChI is InChI=1S/C19H21ClN2O/c1-13-4-2-7-17-15(11-22-19(13)17)8-9-21-12-18(23)14-5-3-6-16(20)10-14/h2-7,10-11,18,21-23H,8-9,12H2,1H3. The summed E-state index contributed by atoms with van der Waals surface area (Å²) in [4.78, 5) is 3.35. The van der Waals surface area contributed by atoms with Gasteiger partial charge in [0.2, 0.25) is 0 Å². The Morgan fingerprint density at radius 3 is 2.87 bits per heavy atom. The zero-order valence-corrected chi connectivity index (χ0v) is 13.9. The third-order valence-electron chi connectivity index (χ3n) is 4.15. The molecule has 0 spiro atoms. The van der Waals surface area contributed by atoms with Gasteiger partial charge in [0.15, 0.2) is 0 Å². The number of aromatic nitrogens is 1. The van der Waals surface area contributed by atoms with Crippen LogP contribution in [0.1, 0.15) is 22.8 Å². The van der Waals surface area contributed by atoms with Gasteiger partial charge >= 0.3 is 0 Å². The highest BCUT2D eigenvalue weighted by Crippen LogP contribution is 2.21. The van der Waals surface area contributed by atoms with Gasteiger partial charge in [-0.25, -0.2) is 0 Å². The molecular weight excluding hydrogens is 308 g/mol. The van der Waals surface area contributed by atoms with Crippen LogP contribution in [-0.4, -0.2) is 23.2 Å². The summed E-state index contributed by atoms with van der Waals surface area (Å²) in [6.45, 7) is 3.45. The average molecular weight is 329 g/mol. The topological polar surface area (TPSA) is 48.0 Å². The van der Waals surface area contributed by atoms with Crippen LogP contribution in [0.3, 0.4) is 0 Å². The molecule has 1 unspecified atom stereocenters. The van der Waals surface area contributed by atoms with Crippen LogP contribution >= 0.6 is 11.6 Å². The van der Waals surface area contributed by atoms with Crippen molar-refractivity contribution in [1.82, 2.24) is 10.3 Å². The monoisotopic (exact) mass is 328 g/mol. The number of fused-ring (bicyclic) bond motifs is 1. The first-order valence-corrected chi connectivity index (χ1v) is 8.23. The van der Waals surface area contributed by atoms with Crippen molar-refractivity contribution in [1.29, 1.82) is 0 Å². The number of aryl methyl sites for hydroxylation is 1. The van der Waals surface area contributed by atoms with E-state index in [2.05, 4.69) is 41.6 Å². The van der Waals surface area contributed by atoms with Crippen LogP contribution in [0.25, 0.3) is 10.9 Å². The Labute approximate surface area is 141 Å². The van der Waals surface area contributed by atoms with E-state index >= 15 is 0 Å². The second-order valence-electron chi connectivity index (χ2n) is 5.84. The molecule has 0 amide bonds. The fraction of sp³-hybridized carbons (Fsp3) is 0.263. The minimum atomic E-state index is -0.543. The molecule has 3 nitrogen and oxygen atoms in total. The van der Waals surface area contributed by atoms with E-state index in [-0.39, 0.29) is 0 Å². The van der Waals surface area contributed by atoms with Gasteiger partial charge in [0.25, 0.3) is 0 Å². The number of para-hydroxylation sites is 1. The van der Waals surface area contributed by atoms with Gasteiger partial charge < -0.3 is 15.4 Å². The van der Waals surface area contributed by atoms with Crippen molar-refractivity contribution in [3.8, 4) is 0 Å². The summed E-state index contributed by atoms with van der Waals surface area (Å²) in [6, 6.07) is 13.7. The molecule has 23 heavy (non-hydrogen) atoms. The summed E-state index contributed by atoms with van der Waals surface area (Å²) in [5.41, 5.74) is 4.61. The van der Waals surface area contributed by atoms with E-state index in [0.717, 1.165) is 18.5 Å². The minimum absolute atomic E-state index is 0.516. The molecule has 3 rings (SSSR count). The number of H-pyrrole nitrogens is 1. The van der Waals surface area contributed by atoms with Crippen molar-refractivity contribution in [3.05, 3.63) is 70.4 Å². The van der Waals surface area contributed by atoms with Crippen molar-refractivity contribution in [3.63, 3.8) is 0 Å². The first kappa shape index (κ1) is 16.1. The summed E-state index contributed by atoms with van der Waals surface area (Å²) in [5.74, 6) is 0. The van der Waals surface area contributed by atoms with Gasteiger partial charge in [0.05, 0.1) is 6.10 Å². The maximum Gasteiger partial charge on any atom is 0.0914 e. The molecule has 0 radical (unpaired) electrons. The molecule has 0 aliphatic rings. The molecule has 1 atom stereocenters. The number of benzene rings is 2. The average Bonchev–Trinajstić information content (AvgIpc) is 2.96. The number of aliphatic hydroxyl groups is 1. The van der Waals surface area contributed by atoms with E-state index in [0.29, 0.717) is 11.6 Å². The van der Waals surface area contributed by atoms with Crippen LogP contribution in [0.2, 0.25) is 5.02 Å². The van der Waals surface area contributed by atoms with Crippen molar-refractivity contribution >= 4 is 22.5 Å². The summed E-state index contributed by atoms with van der Waals surface area (Å²) in [5, 5.41) is 15.4. The van der Waals surface area contributed by atoms with Crippen molar-refractivity contribution in [2.75, 3.05) is 13.1 Å². The van der Waals surface area contributed by atoms with E-state index in [9.17, 15) is 5.11 Å². The SMILES string of the molecule is Cc1cccc2c(CCNCC(O)c3cccc(Cl)c3)c[nH]c12. The molecule has 3 N–H and O–H groups in total. The second-order valence-corrected chi connectivity index (χ2v) is 6.27. The Morgan fingerprint density at radius 2 is 2.04 bits per heavy atom. The number of hydrogen-bond acceptors (Lipinski definition) is 2. The number of aromatic amines is 1. The summed E-state index contributed by atoms with van der Waals surface area (Å²) < 4.78 is 0. The highest BCUT2D eigenvalue weighted by molar-refractivity contribution is 6.30. The normalized spacial score (nSPS) is 12.7. The van der Waals surface area contributed by atoms with Crippen LogP contribution in [0, 0.1) is 6.92 Å². The third kappa shape index (κ3) is 3.75. The maximum absolute atomic E-state index is 10.2. The number of aliphatic hydroxyl groups excluding tert-OH is 1. The number of rotatable bonds is 6. The van der Waals surface area contributed by atoms with Crippen LogP contribution < -0.4 is 5.32 Å². The van der Waals surface area contributed by atoms with E-state index in [1.54, 1.807) is 6.07 Å². The molecule has 4 heteroatoms. The summed E-state index contributed by atoms with van der Waals surface area (Å²) in [6.07, 6.45) is 2.46. The molecule has 2 aromatic carbocycles. The molecule has 0 aliphatic carbocycles.